The van der Waals surface area contributed by atoms with E-state index >= 15 is 0 Å². The Morgan fingerprint density at radius 3 is 2.45 bits per heavy atom. The average Bonchev–Trinajstić information content (AvgIpc) is 3.20. The topological polar surface area (TPSA) is 4.93 Å². The van der Waals surface area contributed by atoms with Crippen LogP contribution in [0.5, 0.6) is 0 Å². The number of fused-ring (bicyclic) bond motifs is 1. The average molecular weight is 337 g/mol. The van der Waals surface area contributed by atoms with Gasteiger partial charge in [-0.15, -0.1) is 47.5 Å². The summed E-state index contributed by atoms with van der Waals surface area (Å²) in [6, 6.07) is 16.9. The van der Waals surface area contributed by atoms with Crippen LogP contribution in [0.4, 0.5) is 0 Å². The van der Waals surface area contributed by atoms with E-state index in [4.69, 9.17) is 0 Å². The maximum Gasteiger partial charge on any atom is 2.00 e. The summed E-state index contributed by atoms with van der Waals surface area (Å²) >= 11 is 0. The summed E-state index contributed by atoms with van der Waals surface area (Å²) in [6.45, 7) is 0. The first-order chi connectivity index (χ1) is 9.43. The molecule has 0 unspecified atom stereocenters. The van der Waals surface area contributed by atoms with E-state index in [0.717, 1.165) is 6.42 Å². The number of hydrogen-bond acceptors (Lipinski definition) is 0. The van der Waals surface area contributed by atoms with E-state index in [-0.39, 0.29) is 26.2 Å². The molecule has 0 N–H and O–H groups in total. The van der Waals surface area contributed by atoms with Crippen molar-refractivity contribution in [2.45, 2.75) is 6.42 Å². The van der Waals surface area contributed by atoms with Gasteiger partial charge in [-0.05, 0) is 17.8 Å². The fourth-order valence-corrected chi connectivity index (χ4v) is 2.13. The van der Waals surface area contributed by atoms with Crippen molar-refractivity contribution < 1.29 is 26.2 Å². The summed E-state index contributed by atoms with van der Waals surface area (Å²) < 4.78 is 2.12. The van der Waals surface area contributed by atoms with Crippen LogP contribution in [0, 0.1) is 6.08 Å². The van der Waals surface area contributed by atoms with E-state index in [1.54, 1.807) is 0 Å². The normalized spacial score (nSPS) is 12.0. The Labute approximate surface area is 138 Å². The first-order valence-corrected chi connectivity index (χ1v) is 6.44. The van der Waals surface area contributed by atoms with Crippen molar-refractivity contribution in [2.24, 2.45) is 0 Å². The quantitative estimate of drug-likeness (QED) is 0.570. The Hall–Kier alpha value is -1.53. The third-order valence-electron chi connectivity index (χ3n) is 3.09. The van der Waals surface area contributed by atoms with Crippen molar-refractivity contribution in [2.75, 3.05) is 0 Å². The zero-order valence-corrected chi connectivity index (χ0v) is 13.6. The third-order valence-corrected chi connectivity index (χ3v) is 3.09. The van der Waals surface area contributed by atoms with Gasteiger partial charge in [-0.1, -0.05) is 6.07 Å². The monoisotopic (exact) mass is 335 g/mol. The molecule has 1 aliphatic carbocycles. The molecule has 4 rings (SSSR count). The number of benzene rings is 1. The van der Waals surface area contributed by atoms with Crippen LogP contribution in [0.3, 0.4) is 0 Å². The van der Waals surface area contributed by atoms with Crippen molar-refractivity contribution in [1.29, 1.82) is 0 Å². The van der Waals surface area contributed by atoms with Crippen molar-refractivity contribution in [3.05, 3.63) is 85.2 Å². The molecule has 3 aromatic rings. The van der Waals surface area contributed by atoms with Gasteiger partial charge < -0.3 is 4.57 Å². The van der Waals surface area contributed by atoms with Crippen LogP contribution in [0.25, 0.3) is 16.5 Å². The van der Waals surface area contributed by atoms with Gasteiger partial charge in [0.1, 0.15) is 0 Å². The largest absolute Gasteiger partial charge is 2.00 e. The van der Waals surface area contributed by atoms with E-state index in [0.29, 0.717) is 0 Å². The van der Waals surface area contributed by atoms with Crippen LogP contribution >= 0.6 is 0 Å². The number of nitrogens with zero attached hydrogens (tertiary/aromatic N) is 1. The van der Waals surface area contributed by atoms with Crippen molar-refractivity contribution >= 4 is 10.8 Å². The zero-order valence-electron chi connectivity index (χ0n) is 11.2. The summed E-state index contributed by atoms with van der Waals surface area (Å²) in [4.78, 5) is 0. The molecule has 0 aliphatic heterocycles. The zero-order chi connectivity index (χ0) is 12.9. The number of rotatable bonds is 1. The fraction of sp³-hybridized carbons (Fsp3) is 0.0556. The van der Waals surface area contributed by atoms with Gasteiger partial charge in [0, 0.05) is 12.4 Å². The van der Waals surface area contributed by atoms with Crippen LogP contribution < -0.4 is 0 Å². The van der Waals surface area contributed by atoms with Crippen LogP contribution in [0.15, 0.2) is 79.2 Å². The maximum atomic E-state index is 2.99. The van der Waals surface area contributed by atoms with Gasteiger partial charge in [0.05, 0.1) is 0 Å². The standard InChI is InChI=1S/C13H10N.C5H5.Zr/c1-2-6-12-10-13(9-11(12)5-1)14-7-3-4-8-14;1-2-4-5-3-1;/h1-10H;1-3H,4H2;/q2*-1;+2. The van der Waals surface area contributed by atoms with Crippen molar-refractivity contribution in [3.8, 4) is 5.69 Å². The summed E-state index contributed by atoms with van der Waals surface area (Å²) in [6.07, 6.45) is 14.1. The molecule has 0 saturated carbocycles. The second-order valence-electron chi connectivity index (χ2n) is 4.44. The van der Waals surface area contributed by atoms with Gasteiger partial charge >= 0.3 is 26.2 Å². The summed E-state index contributed by atoms with van der Waals surface area (Å²) in [7, 11) is 0. The Morgan fingerprint density at radius 2 is 1.85 bits per heavy atom. The molecule has 2 aromatic carbocycles. The van der Waals surface area contributed by atoms with Crippen LogP contribution in [-0.4, -0.2) is 4.57 Å². The minimum atomic E-state index is 0. The van der Waals surface area contributed by atoms with E-state index in [1.165, 1.54) is 16.5 Å². The van der Waals surface area contributed by atoms with E-state index in [1.807, 2.05) is 24.3 Å². The Morgan fingerprint density at radius 1 is 1.05 bits per heavy atom. The summed E-state index contributed by atoms with van der Waals surface area (Å²) in [5, 5.41) is 2.60. The molecule has 0 spiro atoms. The number of allylic oxidation sites excluding steroid dienone is 4. The van der Waals surface area contributed by atoms with Crippen LogP contribution in [-0.2, 0) is 26.2 Å². The predicted octanol–water partition coefficient (Wildman–Crippen LogP) is 4.65. The number of aromatic nitrogens is 1. The van der Waals surface area contributed by atoms with Gasteiger partial charge in [0.2, 0.25) is 0 Å². The van der Waals surface area contributed by atoms with E-state index in [9.17, 15) is 0 Å². The van der Waals surface area contributed by atoms with Gasteiger partial charge in [-0.2, -0.15) is 6.08 Å². The maximum absolute atomic E-state index is 2.99. The van der Waals surface area contributed by atoms with Gasteiger partial charge in [0.15, 0.2) is 0 Å². The molecule has 96 valence electrons. The molecule has 20 heavy (non-hydrogen) atoms. The SMILES string of the molecule is [C-]1=CC=CC1.[Zr+2].c1ccc2[cH-]c(-n3cccc3)cc2c1. The van der Waals surface area contributed by atoms with Gasteiger partial charge in [-0.3, -0.25) is 6.08 Å². The van der Waals surface area contributed by atoms with Crippen molar-refractivity contribution in [3.63, 3.8) is 0 Å². The van der Waals surface area contributed by atoms with Crippen LogP contribution in [0.1, 0.15) is 6.42 Å². The van der Waals surface area contributed by atoms with Crippen LogP contribution in [0.2, 0.25) is 0 Å². The molecule has 2 heteroatoms. The molecular weight excluding hydrogens is 321 g/mol. The molecular formula is C18H15NZr. The number of hydrogen-bond donors (Lipinski definition) is 0. The van der Waals surface area contributed by atoms with Gasteiger partial charge in [0.25, 0.3) is 0 Å². The Bertz CT molecular complexity index is 659. The smallest absolute Gasteiger partial charge is 0.342 e. The predicted molar refractivity (Wildman–Crippen MR) is 80.4 cm³/mol. The third kappa shape index (κ3) is 3.52. The van der Waals surface area contributed by atoms with Crippen molar-refractivity contribution in [1.82, 2.24) is 4.57 Å². The molecule has 0 radical (unpaired) electrons. The fourth-order valence-electron chi connectivity index (χ4n) is 2.13. The molecule has 1 nitrogen and oxygen atoms in total. The molecule has 1 aliphatic rings. The summed E-state index contributed by atoms with van der Waals surface area (Å²) in [5.41, 5.74) is 1.23. The molecule has 0 saturated heterocycles. The minimum absolute atomic E-state index is 0. The minimum Gasteiger partial charge on any atom is -0.342 e. The molecule has 0 atom stereocenters. The molecule has 1 heterocycles. The second-order valence-corrected chi connectivity index (χ2v) is 4.44. The van der Waals surface area contributed by atoms with E-state index < -0.39 is 0 Å². The summed E-state index contributed by atoms with van der Waals surface area (Å²) in [5.74, 6) is 0. The molecule has 1 aromatic heterocycles. The molecule has 0 amide bonds. The first kappa shape index (κ1) is 14.9. The van der Waals surface area contributed by atoms with E-state index in [2.05, 4.69) is 65.5 Å². The molecule has 0 fully saturated rings. The first-order valence-electron chi connectivity index (χ1n) is 6.44. The Balaban J connectivity index is 0.000000210. The van der Waals surface area contributed by atoms with Gasteiger partial charge in [-0.25, -0.2) is 12.2 Å². The Kier molecular flexibility index (Phi) is 5.43. The molecule has 0 bridgehead atoms. The second kappa shape index (κ2) is 7.31.